The van der Waals surface area contributed by atoms with Crippen LogP contribution in [-0.4, -0.2) is 60.8 Å². The normalized spacial score (nSPS) is 18.8. The molecule has 1 aliphatic heterocycles. The molecule has 2 N–H and O–H groups in total. The van der Waals surface area contributed by atoms with Crippen LogP contribution in [0.15, 0.2) is 42.6 Å². The first-order valence-corrected chi connectivity index (χ1v) is 9.62. The first-order valence-electron chi connectivity index (χ1n) is 9.62. The number of nitrogens with one attached hydrogen (secondary N) is 2. The lowest BCUT2D eigenvalue weighted by Gasteiger charge is -2.17. The number of hydrogen-bond donors (Lipinski definition) is 2. The number of H-pyrrole nitrogens is 1. The zero-order chi connectivity index (χ0) is 20.4. The van der Waals surface area contributed by atoms with Gasteiger partial charge in [-0.25, -0.2) is 4.98 Å². The van der Waals surface area contributed by atoms with Crippen LogP contribution in [0.1, 0.15) is 36.1 Å². The Kier molecular flexibility index (Phi) is 5.11. The molecule has 1 saturated heterocycles. The predicted octanol–water partition coefficient (Wildman–Crippen LogP) is 1.43. The molecule has 2 aromatic heterocycles. The summed E-state index contributed by atoms with van der Waals surface area (Å²) in [5.41, 5.74) is 1.45. The first kappa shape index (κ1) is 18.9. The number of rotatable bonds is 5. The van der Waals surface area contributed by atoms with Crippen LogP contribution in [0.2, 0.25) is 0 Å². The number of hydrogen-bond acceptors (Lipinski definition) is 5. The molecule has 2 amide bonds. The Morgan fingerprint density at radius 1 is 1.21 bits per heavy atom. The summed E-state index contributed by atoms with van der Waals surface area (Å²) in [4.78, 5) is 31.1. The number of amides is 2. The Bertz CT molecular complexity index is 1010. The third-order valence-electron chi connectivity index (χ3n) is 5.12. The minimum absolute atomic E-state index is 0.106. The fourth-order valence-electron chi connectivity index (χ4n) is 3.74. The van der Waals surface area contributed by atoms with E-state index in [4.69, 9.17) is 0 Å². The number of aromatic nitrogens is 5. The minimum atomic E-state index is -0.244. The van der Waals surface area contributed by atoms with E-state index in [0.717, 1.165) is 5.56 Å². The molecule has 3 heterocycles. The van der Waals surface area contributed by atoms with Gasteiger partial charge in [-0.15, -0.1) is 0 Å². The van der Waals surface area contributed by atoms with Gasteiger partial charge in [0.15, 0.2) is 5.82 Å². The Hall–Kier alpha value is -3.49. The molecule has 0 aliphatic carbocycles. The fraction of sp³-hybridized carbons (Fsp3) is 0.350. The summed E-state index contributed by atoms with van der Waals surface area (Å²) < 4.78 is 1.67. The number of benzene rings is 1. The van der Waals surface area contributed by atoms with Crippen molar-refractivity contribution >= 4 is 11.8 Å². The van der Waals surface area contributed by atoms with Crippen LogP contribution in [0.25, 0.3) is 11.4 Å². The van der Waals surface area contributed by atoms with Crippen LogP contribution in [0.3, 0.4) is 0 Å². The summed E-state index contributed by atoms with van der Waals surface area (Å²) in [5, 5.41) is 14.5. The molecule has 0 saturated carbocycles. The summed E-state index contributed by atoms with van der Waals surface area (Å²) in [5.74, 6) is 0.824. The van der Waals surface area contributed by atoms with E-state index in [2.05, 4.69) is 25.6 Å². The summed E-state index contributed by atoms with van der Waals surface area (Å²) in [6.45, 7) is 4.87. The van der Waals surface area contributed by atoms with Gasteiger partial charge in [-0.1, -0.05) is 30.3 Å². The number of likely N-dealkylation sites (tertiary alicyclic amines) is 1. The standard InChI is InChI=1S/C20H23N7O2/c1-3-27-17(9-10-21-27)20(29)26-11-15(16(12-26)22-13(2)28)19-23-18(24-25-19)14-7-5-4-6-8-14/h4-10,15-16H,3,11-12H2,1-2H3,(H,22,28)(H,23,24,25)/t15-,16-/m1/s1. The second-order valence-electron chi connectivity index (χ2n) is 7.07. The van der Waals surface area contributed by atoms with Crippen molar-refractivity contribution in [1.82, 2.24) is 35.2 Å². The van der Waals surface area contributed by atoms with Crippen LogP contribution in [0.5, 0.6) is 0 Å². The van der Waals surface area contributed by atoms with Gasteiger partial charge in [-0.05, 0) is 13.0 Å². The summed E-state index contributed by atoms with van der Waals surface area (Å²) in [6.07, 6.45) is 1.62. The lowest BCUT2D eigenvalue weighted by molar-refractivity contribution is -0.119. The predicted molar refractivity (Wildman–Crippen MR) is 106 cm³/mol. The van der Waals surface area contributed by atoms with E-state index in [-0.39, 0.29) is 23.8 Å². The number of nitrogens with zero attached hydrogens (tertiary/aromatic N) is 5. The van der Waals surface area contributed by atoms with E-state index >= 15 is 0 Å². The van der Waals surface area contributed by atoms with Crippen molar-refractivity contribution in [2.24, 2.45) is 0 Å². The van der Waals surface area contributed by atoms with Crippen molar-refractivity contribution in [2.45, 2.75) is 32.4 Å². The maximum absolute atomic E-state index is 13.0. The lowest BCUT2D eigenvalue weighted by atomic mass is 10.0. The van der Waals surface area contributed by atoms with Crippen molar-refractivity contribution < 1.29 is 9.59 Å². The molecule has 0 radical (unpaired) electrons. The summed E-state index contributed by atoms with van der Waals surface area (Å²) in [7, 11) is 0. The maximum atomic E-state index is 13.0. The third-order valence-corrected chi connectivity index (χ3v) is 5.12. The SMILES string of the molecule is CCn1nccc1C(=O)N1C[C@@H](NC(C)=O)[C@H](c2nc(-c3ccccc3)n[nH]2)C1. The molecule has 29 heavy (non-hydrogen) atoms. The molecule has 150 valence electrons. The average Bonchev–Trinajstić information content (AvgIpc) is 3.46. The van der Waals surface area contributed by atoms with E-state index in [0.29, 0.717) is 37.0 Å². The van der Waals surface area contributed by atoms with Gasteiger partial charge in [0.1, 0.15) is 11.5 Å². The smallest absolute Gasteiger partial charge is 0.272 e. The molecule has 2 atom stereocenters. The van der Waals surface area contributed by atoms with Crippen LogP contribution in [-0.2, 0) is 11.3 Å². The second-order valence-corrected chi connectivity index (χ2v) is 7.07. The van der Waals surface area contributed by atoms with E-state index < -0.39 is 0 Å². The Labute approximate surface area is 168 Å². The van der Waals surface area contributed by atoms with E-state index in [9.17, 15) is 9.59 Å². The van der Waals surface area contributed by atoms with Gasteiger partial charge in [-0.3, -0.25) is 19.4 Å². The number of carbonyl (C=O) groups excluding carboxylic acids is 2. The highest BCUT2D eigenvalue weighted by Gasteiger charge is 2.39. The van der Waals surface area contributed by atoms with Crippen molar-refractivity contribution in [3.63, 3.8) is 0 Å². The fourth-order valence-corrected chi connectivity index (χ4v) is 3.74. The number of aryl methyl sites for hydroxylation is 1. The molecule has 9 heteroatoms. The third kappa shape index (κ3) is 3.75. The molecule has 1 aliphatic rings. The highest BCUT2D eigenvalue weighted by Crippen LogP contribution is 2.28. The van der Waals surface area contributed by atoms with Crippen LogP contribution in [0.4, 0.5) is 0 Å². The second kappa shape index (κ2) is 7.86. The molecule has 3 aromatic rings. The Morgan fingerprint density at radius 2 is 2.00 bits per heavy atom. The highest BCUT2D eigenvalue weighted by atomic mass is 16.2. The van der Waals surface area contributed by atoms with Gasteiger partial charge < -0.3 is 10.2 Å². The quantitative estimate of drug-likeness (QED) is 0.682. The zero-order valence-corrected chi connectivity index (χ0v) is 16.4. The van der Waals surface area contributed by atoms with Gasteiger partial charge in [0, 0.05) is 38.3 Å². The van der Waals surface area contributed by atoms with Crippen molar-refractivity contribution in [3.05, 3.63) is 54.1 Å². The van der Waals surface area contributed by atoms with E-state index in [1.807, 2.05) is 37.3 Å². The van der Waals surface area contributed by atoms with Gasteiger partial charge in [0.25, 0.3) is 5.91 Å². The van der Waals surface area contributed by atoms with Crippen LogP contribution in [0, 0.1) is 0 Å². The first-order chi connectivity index (χ1) is 14.1. The molecule has 1 fully saturated rings. The van der Waals surface area contributed by atoms with Crippen molar-refractivity contribution in [1.29, 1.82) is 0 Å². The molecule has 1 aromatic carbocycles. The van der Waals surface area contributed by atoms with Gasteiger partial charge >= 0.3 is 0 Å². The number of aromatic amines is 1. The van der Waals surface area contributed by atoms with Gasteiger partial charge in [0.05, 0.1) is 12.0 Å². The monoisotopic (exact) mass is 393 g/mol. The summed E-state index contributed by atoms with van der Waals surface area (Å²) >= 11 is 0. The largest absolute Gasteiger partial charge is 0.351 e. The molecule has 0 unspecified atom stereocenters. The molecule has 4 rings (SSSR count). The average molecular weight is 393 g/mol. The van der Waals surface area contributed by atoms with Gasteiger partial charge in [0.2, 0.25) is 5.91 Å². The topological polar surface area (TPSA) is 109 Å². The van der Waals surface area contributed by atoms with E-state index in [1.54, 1.807) is 21.8 Å². The maximum Gasteiger partial charge on any atom is 0.272 e. The molecular formula is C20H23N7O2. The molecular weight excluding hydrogens is 370 g/mol. The molecule has 9 nitrogen and oxygen atoms in total. The van der Waals surface area contributed by atoms with Gasteiger partial charge in [-0.2, -0.15) is 10.2 Å². The zero-order valence-electron chi connectivity index (χ0n) is 16.4. The van der Waals surface area contributed by atoms with E-state index in [1.165, 1.54) is 6.92 Å². The molecule has 0 bridgehead atoms. The lowest BCUT2D eigenvalue weighted by Crippen LogP contribution is -2.39. The minimum Gasteiger partial charge on any atom is -0.351 e. The summed E-state index contributed by atoms with van der Waals surface area (Å²) in [6, 6.07) is 11.1. The number of carbonyl (C=O) groups is 2. The Balaban J connectivity index is 1.59. The van der Waals surface area contributed by atoms with Crippen LogP contribution >= 0.6 is 0 Å². The Morgan fingerprint density at radius 3 is 2.72 bits per heavy atom. The highest BCUT2D eigenvalue weighted by molar-refractivity contribution is 5.93. The van der Waals surface area contributed by atoms with Crippen molar-refractivity contribution in [2.75, 3.05) is 13.1 Å². The van der Waals surface area contributed by atoms with Crippen molar-refractivity contribution in [3.8, 4) is 11.4 Å². The molecule has 0 spiro atoms. The van der Waals surface area contributed by atoms with Crippen LogP contribution < -0.4 is 5.32 Å².